The molecule has 0 aliphatic heterocycles. The van der Waals surface area contributed by atoms with E-state index in [0.29, 0.717) is 17.9 Å². The fourth-order valence-electron chi connectivity index (χ4n) is 1.77. The van der Waals surface area contributed by atoms with Crippen LogP contribution in [0.5, 0.6) is 5.88 Å². The summed E-state index contributed by atoms with van der Waals surface area (Å²) in [6, 6.07) is 2.36. The van der Waals surface area contributed by atoms with Crippen LogP contribution in [0.3, 0.4) is 0 Å². The minimum atomic E-state index is 0.363. The number of hydrogen-bond acceptors (Lipinski definition) is 4. The second-order valence-corrected chi connectivity index (χ2v) is 4.48. The van der Waals surface area contributed by atoms with Crippen molar-refractivity contribution in [2.24, 2.45) is 0 Å². The first-order valence-corrected chi connectivity index (χ1v) is 5.64. The van der Waals surface area contributed by atoms with E-state index in [1.54, 1.807) is 7.11 Å². The van der Waals surface area contributed by atoms with Crippen LogP contribution in [0.4, 0.5) is 5.95 Å². The SMILES string of the molecule is COc1nc(N(C)C)nc2c1ccn2C(C)C. The molecule has 5 heteroatoms. The molecule has 2 rings (SSSR count). The van der Waals surface area contributed by atoms with Crippen molar-refractivity contribution >= 4 is 17.0 Å². The third kappa shape index (κ3) is 1.92. The maximum absolute atomic E-state index is 5.32. The molecule has 0 fully saturated rings. The van der Waals surface area contributed by atoms with Crippen molar-refractivity contribution in [2.75, 3.05) is 26.1 Å². The van der Waals surface area contributed by atoms with Gasteiger partial charge in [0, 0.05) is 26.3 Å². The zero-order valence-electron chi connectivity index (χ0n) is 10.9. The summed E-state index contributed by atoms with van der Waals surface area (Å²) in [5.74, 6) is 1.29. The van der Waals surface area contributed by atoms with Gasteiger partial charge in [-0.2, -0.15) is 9.97 Å². The molecular formula is C12H18N4O. The molecule has 0 radical (unpaired) electrons. The van der Waals surface area contributed by atoms with Crippen LogP contribution in [0.1, 0.15) is 19.9 Å². The van der Waals surface area contributed by atoms with Crippen LogP contribution in [0, 0.1) is 0 Å². The molecule has 92 valence electrons. The van der Waals surface area contributed by atoms with Crippen molar-refractivity contribution in [2.45, 2.75) is 19.9 Å². The Morgan fingerprint density at radius 1 is 1.29 bits per heavy atom. The lowest BCUT2D eigenvalue weighted by Crippen LogP contribution is -2.14. The number of nitrogens with zero attached hydrogens (tertiary/aromatic N) is 4. The summed E-state index contributed by atoms with van der Waals surface area (Å²) in [6.45, 7) is 4.26. The van der Waals surface area contributed by atoms with Gasteiger partial charge in [-0.25, -0.2) is 0 Å². The van der Waals surface area contributed by atoms with Gasteiger partial charge < -0.3 is 14.2 Å². The Morgan fingerprint density at radius 3 is 2.53 bits per heavy atom. The Morgan fingerprint density at radius 2 is 2.00 bits per heavy atom. The van der Waals surface area contributed by atoms with E-state index in [1.165, 1.54) is 0 Å². The normalized spacial score (nSPS) is 11.2. The first-order valence-electron chi connectivity index (χ1n) is 5.64. The van der Waals surface area contributed by atoms with Crippen molar-refractivity contribution < 1.29 is 4.74 Å². The minimum absolute atomic E-state index is 0.363. The number of aromatic nitrogens is 3. The smallest absolute Gasteiger partial charge is 0.230 e. The lowest BCUT2D eigenvalue weighted by atomic mass is 10.4. The quantitative estimate of drug-likeness (QED) is 0.815. The molecule has 0 saturated heterocycles. The fourth-order valence-corrected chi connectivity index (χ4v) is 1.77. The van der Waals surface area contributed by atoms with E-state index in [-0.39, 0.29) is 0 Å². The van der Waals surface area contributed by atoms with Gasteiger partial charge in [0.25, 0.3) is 0 Å². The van der Waals surface area contributed by atoms with Gasteiger partial charge in [-0.1, -0.05) is 0 Å². The summed E-state index contributed by atoms with van der Waals surface area (Å²) >= 11 is 0. The second kappa shape index (κ2) is 4.24. The first kappa shape index (κ1) is 11.7. The van der Waals surface area contributed by atoms with Gasteiger partial charge in [-0.3, -0.25) is 0 Å². The molecule has 0 aliphatic carbocycles. The van der Waals surface area contributed by atoms with Gasteiger partial charge >= 0.3 is 0 Å². The second-order valence-electron chi connectivity index (χ2n) is 4.48. The van der Waals surface area contributed by atoms with Crippen LogP contribution in [0.15, 0.2) is 12.3 Å². The molecule has 0 atom stereocenters. The number of fused-ring (bicyclic) bond motifs is 1. The van der Waals surface area contributed by atoms with Crippen LogP contribution >= 0.6 is 0 Å². The van der Waals surface area contributed by atoms with Gasteiger partial charge in [0.1, 0.15) is 5.65 Å². The van der Waals surface area contributed by atoms with Crippen LogP contribution in [0.25, 0.3) is 11.0 Å². The monoisotopic (exact) mass is 234 g/mol. The van der Waals surface area contributed by atoms with Crippen LogP contribution in [-0.2, 0) is 0 Å². The highest BCUT2D eigenvalue weighted by Gasteiger charge is 2.14. The van der Waals surface area contributed by atoms with Gasteiger partial charge in [0.2, 0.25) is 11.8 Å². The fraction of sp³-hybridized carbons (Fsp3) is 0.500. The molecule has 0 aliphatic rings. The summed E-state index contributed by atoms with van der Waals surface area (Å²) in [5, 5.41) is 0.951. The third-order valence-electron chi connectivity index (χ3n) is 2.67. The van der Waals surface area contributed by atoms with E-state index in [9.17, 15) is 0 Å². The summed E-state index contributed by atoms with van der Waals surface area (Å²) in [4.78, 5) is 10.8. The summed E-state index contributed by atoms with van der Waals surface area (Å²) in [5.41, 5.74) is 0.913. The van der Waals surface area contributed by atoms with Crippen molar-refractivity contribution in [3.8, 4) is 5.88 Å². The topological polar surface area (TPSA) is 43.2 Å². The minimum Gasteiger partial charge on any atom is -0.480 e. The summed E-state index contributed by atoms with van der Waals surface area (Å²) in [6.07, 6.45) is 2.02. The van der Waals surface area contributed by atoms with E-state index >= 15 is 0 Å². The molecule has 0 bridgehead atoms. The molecule has 0 aromatic carbocycles. The predicted molar refractivity (Wildman–Crippen MR) is 68.8 cm³/mol. The number of anilines is 1. The Labute approximate surface area is 101 Å². The Kier molecular flexibility index (Phi) is 2.92. The standard InChI is InChI=1S/C12H18N4O/c1-8(2)16-7-6-9-10(16)13-12(15(3)4)14-11(9)17-5/h6-8H,1-5H3. The highest BCUT2D eigenvalue weighted by atomic mass is 16.5. The van der Waals surface area contributed by atoms with Crippen molar-refractivity contribution in [3.05, 3.63) is 12.3 Å². The molecule has 0 spiro atoms. The highest BCUT2D eigenvalue weighted by Crippen LogP contribution is 2.27. The maximum Gasteiger partial charge on any atom is 0.230 e. The van der Waals surface area contributed by atoms with Crippen molar-refractivity contribution in [3.63, 3.8) is 0 Å². The van der Waals surface area contributed by atoms with Crippen LogP contribution in [-0.4, -0.2) is 35.7 Å². The average Bonchev–Trinajstić information content (AvgIpc) is 2.70. The third-order valence-corrected chi connectivity index (χ3v) is 2.67. The van der Waals surface area contributed by atoms with E-state index < -0.39 is 0 Å². The molecule has 0 unspecified atom stereocenters. The van der Waals surface area contributed by atoms with Gasteiger partial charge in [-0.15, -0.1) is 0 Å². The molecule has 0 N–H and O–H groups in total. The highest BCUT2D eigenvalue weighted by molar-refractivity contribution is 5.82. The van der Waals surface area contributed by atoms with Gasteiger partial charge in [0.15, 0.2) is 0 Å². The molecule has 17 heavy (non-hydrogen) atoms. The molecule has 0 amide bonds. The number of hydrogen-bond donors (Lipinski definition) is 0. The van der Waals surface area contributed by atoms with E-state index in [4.69, 9.17) is 4.74 Å². The summed E-state index contributed by atoms with van der Waals surface area (Å²) in [7, 11) is 5.47. The Hall–Kier alpha value is -1.78. The molecular weight excluding hydrogens is 216 g/mol. The van der Waals surface area contributed by atoms with E-state index in [1.807, 2.05) is 31.3 Å². The molecule has 2 aromatic heterocycles. The molecule has 5 nitrogen and oxygen atoms in total. The van der Waals surface area contributed by atoms with Crippen molar-refractivity contribution in [1.29, 1.82) is 0 Å². The Balaban J connectivity index is 2.72. The zero-order valence-corrected chi connectivity index (χ0v) is 10.9. The van der Waals surface area contributed by atoms with Gasteiger partial charge in [0.05, 0.1) is 12.5 Å². The molecule has 2 aromatic rings. The zero-order chi connectivity index (χ0) is 12.6. The maximum atomic E-state index is 5.32. The van der Waals surface area contributed by atoms with E-state index in [0.717, 1.165) is 11.0 Å². The lowest BCUT2D eigenvalue weighted by Gasteiger charge is -2.14. The summed E-state index contributed by atoms with van der Waals surface area (Å²) < 4.78 is 7.44. The number of rotatable bonds is 3. The average molecular weight is 234 g/mol. The number of methoxy groups -OCH3 is 1. The van der Waals surface area contributed by atoms with Crippen molar-refractivity contribution in [1.82, 2.24) is 14.5 Å². The molecule has 0 saturated carbocycles. The largest absolute Gasteiger partial charge is 0.480 e. The van der Waals surface area contributed by atoms with Gasteiger partial charge in [-0.05, 0) is 19.9 Å². The number of ether oxygens (including phenoxy) is 1. The lowest BCUT2D eigenvalue weighted by molar-refractivity contribution is 0.402. The Bertz CT molecular complexity index is 531. The van der Waals surface area contributed by atoms with E-state index in [2.05, 4.69) is 28.4 Å². The molecule has 2 heterocycles. The van der Waals surface area contributed by atoms with Crippen LogP contribution < -0.4 is 9.64 Å². The predicted octanol–water partition coefficient (Wildman–Crippen LogP) is 2.09. The first-order chi connectivity index (χ1) is 8.04. The van der Waals surface area contributed by atoms with Crippen LogP contribution in [0.2, 0.25) is 0 Å².